The molecule has 0 heterocycles. The van der Waals surface area contributed by atoms with Gasteiger partial charge in [0.1, 0.15) is 5.82 Å². The highest BCUT2D eigenvalue weighted by Crippen LogP contribution is 2.20. The van der Waals surface area contributed by atoms with Crippen LogP contribution < -0.4 is 0 Å². The number of ether oxygens (including phenoxy) is 1. The summed E-state index contributed by atoms with van der Waals surface area (Å²) in [5.74, 6) is -2.76. The third-order valence-electron chi connectivity index (χ3n) is 1.83. The third kappa shape index (κ3) is 2.41. The van der Waals surface area contributed by atoms with Gasteiger partial charge in [-0.15, -0.1) is 0 Å². The molecule has 0 amide bonds. The van der Waals surface area contributed by atoms with Crippen LogP contribution in [0.15, 0.2) is 16.6 Å². The minimum Gasteiger partial charge on any atom is -0.463 e. The van der Waals surface area contributed by atoms with Gasteiger partial charge < -0.3 is 4.74 Å². The van der Waals surface area contributed by atoms with Gasteiger partial charge in [-0.05, 0) is 24.6 Å². The number of hydrogen-bond donors (Lipinski definition) is 0. The molecule has 0 atom stereocenters. The molecule has 0 saturated carbocycles. The van der Waals surface area contributed by atoms with Crippen molar-refractivity contribution in [1.29, 1.82) is 0 Å². The number of carbonyl (C=O) groups is 2. The van der Waals surface area contributed by atoms with E-state index < -0.39 is 17.6 Å². The first-order valence-corrected chi connectivity index (χ1v) is 4.85. The van der Waals surface area contributed by atoms with Crippen LogP contribution in [-0.4, -0.2) is 18.9 Å². The van der Waals surface area contributed by atoms with Gasteiger partial charge in [-0.1, -0.05) is 15.9 Å². The van der Waals surface area contributed by atoms with Gasteiger partial charge in [0.15, 0.2) is 0 Å². The molecular weight excluding hydrogens is 267 g/mol. The van der Waals surface area contributed by atoms with E-state index in [-0.39, 0.29) is 11.1 Å². The summed E-state index contributed by atoms with van der Waals surface area (Å²) in [6, 6.07) is 2.77. The third-order valence-corrected chi connectivity index (χ3v) is 2.29. The largest absolute Gasteiger partial charge is 0.463 e. The van der Waals surface area contributed by atoms with Crippen LogP contribution in [0.3, 0.4) is 0 Å². The molecule has 15 heavy (non-hydrogen) atoms. The van der Waals surface area contributed by atoms with E-state index in [0.29, 0.717) is 4.47 Å². The number of halogens is 2. The van der Waals surface area contributed by atoms with Crippen molar-refractivity contribution in [3.05, 3.63) is 33.5 Å². The lowest BCUT2D eigenvalue weighted by Gasteiger charge is -2.04. The zero-order valence-corrected chi connectivity index (χ0v) is 9.72. The normalized spacial score (nSPS) is 9.87. The number of esters is 1. The van der Waals surface area contributed by atoms with Gasteiger partial charge in [0, 0.05) is 4.47 Å². The van der Waals surface area contributed by atoms with E-state index in [1.807, 2.05) is 0 Å². The van der Waals surface area contributed by atoms with Gasteiger partial charge in [-0.3, -0.25) is 4.79 Å². The molecule has 80 valence electrons. The van der Waals surface area contributed by atoms with Crippen molar-refractivity contribution in [1.82, 2.24) is 0 Å². The fourth-order valence-corrected chi connectivity index (χ4v) is 1.67. The highest BCUT2D eigenvalue weighted by atomic mass is 79.9. The second-order valence-corrected chi connectivity index (χ2v) is 3.82. The number of rotatable bonds is 2. The Bertz CT molecular complexity index is 429. The minimum atomic E-state index is -1.08. The van der Waals surface area contributed by atoms with Crippen molar-refractivity contribution in [2.75, 3.05) is 7.11 Å². The van der Waals surface area contributed by atoms with Crippen LogP contribution in [0.25, 0.3) is 0 Å². The summed E-state index contributed by atoms with van der Waals surface area (Å²) in [6.45, 7) is 1.51. The van der Waals surface area contributed by atoms with Gasteiger partial charge in [0.05, 0.1) is 12.7 Å². The van der Waals surface area contributed by atoms with E-state index in [0.717, 1.165) is 7.11 Å². The second-order valence-electron chi connectivity index (χ2n) is 2.90. The van der Waals surface area contributed by atoms with E-state index in [4.69, 9.17) is 0 Å². The van der Waals surface area contributed by atoms with Crippen LogP contribution in [0.4, 0.5) is 4.39 Å². The van der Waals surface area contributed by atoms with Crippen LogP contribution >= 0.6 is 15.9 Å². The molecule has 5 heteroatoms. The van der Waals surface area contributed by atoms with Gasteiger partial charge >= 0.3 is 5.97 Å². The molecule has 0 aliphatic carbocycles. The zero-order valence-electron chi connectivity index (χ0n) is 8.14. The summed E-state index contributed by atoms with van der Waals surface area (Å²) in [7, 11) is 1.07. The van der Waals surface area contributed by atoms with Crippen molar-refractivity contribution in [3.8, 4) is 0 Å². The Morgan fingerprint density at radius 1 is 1.40 bits per heavy atom. The highest BCUT2D eigenvalue weighted by molar-refractivity contribution is 9.10. The Morgan fingerprint density at radius 2 is 2.00 bits per heavy atom. The Balaban J connectivity index is 3.25. The lowest BCUT2D eigenvalue weighted by Crippen LogP contribution is -2.17. The van der Waals surface area contributed by atoms with Crippen LogP contribution in [0.2, 0.25) is 0 Å². The molecule has 0 unspecified atom stereocenters. The monoisotopic (exact) mass is 274 g/mol. The number of Topliss-reactive ketones (excluding diaryl/α,β-unsaturated/α-hetero) is 1. The smallest absolute Gasteiger partial charge is 0.379 e. The topological polar surface area (TPSA) is 43.4 Å². The van der Waals surface area contributed by atoms with Crippen molar-refractivity contribution < 1.29 is 18.7 Å². The predicted octanol–water partition coefficient (Wildman–Crippen LogP) is 2.25. The van der Waals surface area contributed by atoms with E-state index in [1.165, 1.54) is 19.1 Å². The van der Waals surface area contributed by atoms with Crippen molar-refractivity contribution in [2.45, 2.75) is 6.92 Å². The predicted molar refractivity (Wildman–Crippen MR) is 55.2 cm³/mol. The number of carbonyl (C=O) groups excluding carboxylic acids is 2. The molecular formula is C10H8BrFO3. The molecule has 0 N–H and O–H groups in total. The quantitative estimate of drug-likeness (QED) is 0.472. The fraction of sp³-hybridized carbons (Fsp3) is 0.200. The van der Waals surface area contributed by atoms with Crippen molar-refractivity contribution in [3.63, 3.8) is 0 Å². The maximum Gasteiger partial charge on any atom is 0.379 e. The average Bonchev–Trinajstić information content (AvgIpc) is 2.21. The molecule has 0 saturated heterocycles. The molecule has 0 bridgehead atoms. The number of hydrogen-bond acceptors (Lipinski definition) is 3. The Hall–Kier alpha value is -1.23. The van der Waals surface area contributed by atoms with E-state index in [1.54, 1.807) is 0 Å². The van der Waals surface area contributed by atoms with E-state index in [2.05, 4.69) is 20.7 Å². The molecule has 1 aromatic carbocycles. The lowest BCUT2D eigenvalue weighted by atomic mass is 10.1. The van der Waals surface area contributed by atoms with Gasteiger partial charge in [-0.2, -0.15) is 0 Å². The Kier molecular flexibility index (Phi) is 3.57. The lowest BCUT2D eigenvalue weighted by molar-refractivity contribution is -0.135. The Morgan fingerprint density at radius 3 is 2.53 bits per heavy atom. The van der Waals surface area contributed by atoms with Crippen molar-refractivity contribution >= 4 is 27.7 Å². The molecule has 0 radical (unpaired) electrons. The number of aryl methyl sites for hydroxylation is 1. The maximum atomic E-state index is 13.5. The Labute approximate surface area is 94.4 Å². The molecule has 1 rings (SSSR count). The number of benzene rings is 1. The molecule has 0 fully saturated rings. The average molecular weight is 275 g/mol. The summed E-state index contributed by atoms with van der Waals surface area (Å²) in [4.78, 5) is 22.3. The van der Waals surface area contributed by atoms with E-state index >= 15 is 0 Å². The van der Waals surface area contributed by atoms with Crippen LogP contribution in [0, 0.1) is 12.7 Å². The fourth-order valence-electron chi connectivity index (χ4n) is 1.09. The first kappa shape index (κ1) is 11.8. The molecule has 0 aliphatic rings. The SMILES string of the molecule is COC(=O)C(=O)c1cc(Br)cc(C)c1F. The molecule has 0 aromatic heterocycles. The highest BCUT2D eigenvalue weighted by Gasteiger charge is 2.22. The minimum absolute atomic E-state index is 0.284. The van der Waals surface area contributed by atoms with Gasteiger partial charge in [-0.25, -0.2) is 9.18 Å². The standard InChI is InChI=1S/C10H8BrFO3/c1-5-3-6(11)4-7(8(5)12)9(13)10(14)15-2/h3-4H,1-2H3. The maximum absolute atomic E-state index is 13.5. The van der Waals surface area contributed by atoms with Crippen LogP contribution in [-0.2, 0) is 9.53 Å². The summed E-state index contributed by atoms with van der Waals surface area (Å²) >= 11 is 3.12. The molecule has 0 spiro atoms. The molecule has 0 aliphatic heterocycles. The number of methoxy groups -OCH3 is 1. The molecule has 3 nitrogen and oxygen atoms in total. The summed E-state index contributed by atoms with van der Waals surface area (Å²) in [5, 5.41) is 0. The number of ketones is 1. The van der Waals surface area contributed by atoms with Crippen molar-refractivity contribution in [2.24, 2.45) is 0 Å². The van der Waals surface area contributed by atoms with Gasteiger partial charge in [0.2, 0.25) is 0 Å². The molecule has 1 aromatic rings. The first-order chi connectivity index (χ1) is 6.97. The summed E-state index contributed by atoms with van der Waals surface area (Å²) in [6.07, 6.45) is 0. The van der Waals surface area contributed by atoms with Crippen LogP contribution in [0.5, 0.6) is 0 Å². The van der Waals surface area contributed by atoms with E-state index in [9.17, 15) is 14.0 Å². The second kappa shape index (κ2) is 4.53. The zero-order chi connectivity index (χ0) is 11.6. The summed E-state index contributed by atoms with van der Waals surface area (Å²) < 4.78 is 18.2. The van der Waals surface area contributed by atoms with Gasteiger partial charge in [0.25, 0.3) is 5.78 Å². The summed E-state index contributed by atoms with van der Waals surface area (Å²) in [5.41, 5.74) is 0.00496. The first-order valence-electron chi connectivity index (χ1n) is 4.05. The van der Waals surface area contributed by atoms with Crippen LogP contribution in [0.1, 0.15) is 15.9 Å².